The van der Waals surface area contributed by atoms with E-state index in [9.17, 15) is 26.7 Å². The highest BCUT2D eigenvalue weighted by molar-refractivity contribution is 5.94. The molecule has 0 unspecified atom stereocenters. The average molecular weight is 481 g/mol. The van der Waals surface area contributed by atoms with Gasteiger partial charge in [0.1, 0.15) is 23.7 Å². The summed E-state index contributed by atoms with van der Waals surface area (Å²) >= 11 is 0. The number of carbonyl (C=O) groups is 1. The Morgan fingerprint density at radius 3 is 2.35 bits per heavy atom. The van der Waals surface area contributed by atoms with Crippen molar-refractivity contribution < 1.29 is 26.7 Å². The number of nitrogens with zero attached hydrogens (tertiary/aromatic N) is 2. The molecular formula is C23H24F5N5O. The van der Waals surface area contributed by atoms with Crippen molar-refractivity contribution in [3.8, 4) is 0 Å². The summed E-state index contributed by atoms with van der Waals surface area (Å²) in [6, 6.07) is 11.2. The van der Waals surface area contributed by atoms with Crippen LogP contribution < -0.4 is 16.0 Å². The van der Waals surface area contributed by atoms with Crippen molar-refractivity contribution in [1.29, 1.82) is 0 Å². The number of nitrogens with one attached hydrogen (secondary N) is 3. The molecule has 1 saturated carbocycles. The SMILES string of the molecule is O=C(N[C@H]1CC[C@@H](Nc2cccc3nc(C(F)F)cn23)CC1)c1ccc(NCC(F)(F)F)cc1. The van der Waals surface area contributed by atoms with Crippen LogP contribution in [0.2, 0.25) is 0 Å². The smallest absolute Gasteiger partial charge is 0.376 e. The largest absolute Gasteiger partial charge is 0.405 e. The number of fused-ring (bicyclic) bond motifs is 1. The molecule has 0 saturated heterocycles. The van der Waals surface area contributed by atoms with Gasteiger partial charge in [-0.15, -0.1) is 0 Å². The Labute approximate surface area is 192 Å². The molecule has 0 atom stereocenters. The topological polar surface area (TPSA) is 70.5 Å². The molecular weight excluding hydrogens is 457 g/mol. The third kappa shape index (κ3) is 5.95. The molecule has 1 aliphatic carbocycles. The third-order valence-electron chi connectivity index (χ3n) is 5.79. The van der Waals surface area contributed by atoms with Gasteiger partial charge >= 0.3 is 6.18 Å². The fourth-order valence-electron chi connectivity index (χ4n) is 4.05. The summed E-state index contributed by atoms with van der Waals surface area (Å²) < 4.78 is 64.5. The number of rotatable bonds is 7. The molecule has 2 heterocycles. The van der Waals surface area contributed by atoms with E-state index in [0.717, 1.165) is 25.7 Å². The molecule has 182 valence electrons. The van der Waals surface area contributed by atoms with Crippen molar-refractivity contribution in [3.63, 3.8) is 0 Å². The fourth-order valence-corrected chi connectivity index (χ4v) is 4.05. The maximum absolute atomic E-state index is 13.0. The number of aromatic nitrogens is 2. The zero-order chi connectivity index (χ0) is 24.3. The summed E-state index contributed by atoms with van der Waals surface area (Å²) in [6.07, 6.45) is -2.61. The normalized spacial score (nSPS) is 18.8. The van der Waals surface area contributed by atoms with E-state index in [1.807, 2.05) is 6.07 Å². The van der Waals surface area contributed by atoms with Crippen molar-refractivity contribution in [2.75, 3.05) is 17.2 Å². The monoisotopic (exact) mass is 481 g/mol. The Kier molecular flexibility index (Phi) is 6.90. The first-order valence-corrected chi connectivity index (χ1v) is 10.9. The highest BCUT2D eigenvalue weighted by Crippen LogP contribution is 2.25. The number of benzene rings is 1. The number of alkyl halides is 5. The molecule has 3 aromatic rings. The second-order valence-corrected chi connectivity index (χ2v) is 8.32. The molecule has 1 amide bonds. The van der Waals surface area contributed by atoms with Gasteiger partial charge in [0.2, 0.25) is 0 Å². The lowest BCUT2D eigenvalue weighted by Crippen LogP contribution is -2.40. The summed E-state index contributed by atoms with van der Waals surface area (Å²) in [5, 5.41) is 8.63. The first-order chi connectivity index (χ1) is 16.2. The molecule has 1 aromatic carbocycles. The molecule has 0 aliphatic heterocycles. The Bertz CT molecular complexity index is 1120. The molecule has 11 heteroatoms. The number of carbonyl (C=O) groups excluding carboxylic acids is 1. The number of hydrogen-bond donors (Lipinski definition) is 3. The van der Waals surface area contributed by atoms with E-state index >= 15 is 0 Å². The maximum Gasteiger partial charge on any atom is 0.405 e. The third-order valence-corrected chi connectivity index (χ3v) is 5.79. The van der Waals surface area contributed by atoms with Crippen molar-refractivity contribution in [3.05, 3.63) is 59.9 Å². The van der Waals surface area contributed by atoms with E-state index in [-0.39, 0.29) is 29.4 Å². The number of imidazole rings is 1. The van der Waals surface area contributed by atoms with E-state index in [1.54, 1.807) is 16.5 Å². The number of hydrogen-bond acceptors (Lipinski definition) is 4. The minimum atomic E-state index is -4.32. The lowest BCUT2D eigenvalue weighted by molar-refractivity contribution is -0.115. The van der Waals surface area contributed by atoms with E-state index < -0.39 is 19.1 Å². The quantitative estimate of drug-likeness (QED) is 0.396. The summed E-state index contributed by atoms with van der Waals surface area (Å²) in [7, 11) is 0. The van der Waals surface area contributed by atoms with Crippen LogP contribution >= 0.6 is 0 Å². The van der Waals surface area contributed by atoms with Crippen molar-refractivity contribution in [2.45, 2.75) is 50.4 Å². The van der Waals surface area contributed by atoms with Gasteiger partial charge in [-0.2, -0.15) is 13.2 Å². The molecule has 0 radical (unpaired) electrons. The van der Waals surface area contributed by atoms with Gasteiger partial charge in [0, 0.05) is 29.5 Å². The minimum absolute atomic E-state index is 0.0249. The molecule has 1 aliphatic rings. The van der Waals surface area contributed by atoms with Crippen LogP contribution in [0.1, 0.15) is 48.2 Å². The number of amides is 1. The van der Waals surface area contributed by atoms with Crippen LogP contribution in [0.3, 0.4) is 0 Å². The second-order valence-electron chi connectivity index (χ2n) is 8.32. The Morgan fingerprint density at radius 1 is 1.03 bits per heavy atom. The van der Waals surface area contributed by atoms with E-state index in [4.69, 9.17) is 0 Å². The number of pyridine rings is 1. The van der Waals surface area contributed by atoms with Crippen LogP contribution in [0.15, 0.2) is 48.7 Å². The van der Waals surface area contributed by atoms with E-state index in [0.29, 0.717) is 17.0 Å². The molecule has 34 heavy (non-hydrogen) atoms. The Balaban J connectivity index is 1.28. The van der Waals surface area contributed by atoms with Crippen molar-refractivity contribution in [2.24, 2.45) is 0 Å². The summed E-state index contributed by atoms with van der Waals surface area (Å²) in [4.78, 5) is 16.5. The van der Waals surface area contributed by atoms with Gasteiger partial charge in [-0.05, 0) is 62.1 Å². The number of halogens is 5. The Hall–Kier alpha value is -3.37. The first-order valence-electron chi connectivity index (χ1n) is 10.9. The highest BCUT2D eigenvalue weighted by atomic mass is 19.4. The fraction of sp³-hybridized carbons (Fsp3) is 0.391. The van der Waals surface area contributed by atoms with Gasteiger partial charge in [-0.1, -0.05) is 6.07 Å². The first kappa shape index (κ1) is 23.8. The molecule has 0 spiro atoms. The average Bonchev–Trinajstić information content (AvgIpc) is 3.25. The second kappa shape index (κ2) is 9.86. The van der Waals surface area contributed by atoms with Crippen molar-refractivity contribution in [1.82, 2.24) is 14.7 Å². The van der Waals surface area contributed by atoms with Gasteiger partial charge in [0.25, 0.3) is 12.3 Å². The van der Waals surface area contributed by atoms with Crippen LogP contribution in [-0.2, 0) is 0 Å². The van der Waals surface area contributed by atoms with Crippen LogP contribution in [0.5, 0.6) is 0 Å². The van der Waals surface area contributed by atoms with E-state index in [1.165, 1.54) is 30.5 Å². The van der Waals surface area contributed by atoms with Crippen LogP contribution in [0.25, 0.3) is 5.65 Å². The predicted octanol–water partition coefficient (Wildman–Crippen LogP) is 5.40. The Morgan fingerprint density at radius 2 is 1.71 bits per heavy atom. The lowest BCUT2D eigenvalue weighted by Gasteiger charge is -2.30. The van der Waals surface area contributed by atoms with Crippen LogP contribution in [-0.4, -0.2) is 40.1 Å². The molecule has 1 fully saturated rings. The van der Waals surface area contributed by atoms with Gasteiger partial charge in [0.05, 0.1) is 0 Å². The van der Waals surface area contributed by atoms with Gasteiger partial charge in [0.15, 0.2) is 0 Å². The van der Waals surface area contributed by atoms with Gasteiger partial charge in [-0.25, -0.2) is 13.8 Å². The summed E-state index contributed by atoms with van der Waals surface area (Å²) in [5.41, 5.74) is 0.833. The van der Waals surface area contributed by atoms with Crippen LogP contribution in [0.4, 0.5) is 33.5 Å². The molecule has 2 aromatic heterocycles. The summed E-state index contributed by atoms with van der Waals surface area (Å²) in [5.74, 6) is 0.408. The lowest BCUT2D eigenvalue weighted by atomic mass is 9.91. The molecule has 4 rings (SSSR count). The zero-order valence-corrected chi connectivity index (χ0v) is 18.1. The molecule has 3 N–H and O–H groups in total. The van der Waals surface area contributed by atoms with Gasteiger partial charge < -0.3 is 16.0 Å². The van der Waals surface area contributed by atoms with Crippen molar-refractivity contribution >= 4 is 23.1 Å². The molecule has 6 nitrogen and oxygen atoms in total. The summed E-state index contributed by atoms with van der Waals surface area (Å²) in [6.45, 7) is -1.14. The van der Waals surface area contributed by atoms with E-state index in [2.05, 4.69) is 20.9 Å². The standard InChI is InChI=1S/C23H24F5N5O/c24-21(25)18-12-33-19(2-1-3-20(33)32-18)30-16-8-10-17(11-9-16)31-22(34)14-4-6-15(7-5-14)29-13-23(26,27)28/h1-7,12,16-17,21,29-30H,8-11,13H2,(H,31,34)/t16-,17+. The zero-order valence-electron chi connectivity index (χ0n) is 18.1. The number of anilines is 2. The van der Waals surface area contributed by atoms with Gasteiger partial charge in [-0.3, -0.25) is 9.20 Å². The maximum atomic E-state index is 13.0. The predicted molar refractivity (Wildman–Crippen MR) is 118 cm³/mol. The minimum Gasteiger partial charge on any atom is -0.376 e. The molecule has 0 bridgehead atoms. The highest BCUT2D eigenvalue weighted by Gasteiger charge is 2.27. The van der Waals surface area contributed by atoms with Crippen LogP contribution in [0, 0.1) is 0 Å².